The molecule has 46 heavy (non-hydrogen) atoms. The number of amides is 3. The minimum atomic E-state index is -0.952. The lowest BCUT2D eigenvalue weighted by atomic mass is 9.91. The van der Waals surface area contributed by atoms with Crippen LogP contribution < -0.4 is 5.32 Å². The zero-order valence-corrected chi connectivity index (χ0v) is 26.0. The van der Waals surface area contributed by atoms with E-state index >= 15 is 0 Å². The van der Waals surface area contributed by atoms with Crippen molar-refractivity contribution in [1.29, 1.82) is 0 Å². The Morgan fingerprint density at radius 1 is 1.07 bits per heavy atom. The van der Waals surface area contributed by atoms with Crippen LogP contribution in [0.3, 0.4) is 0 Å². The largest absolute Gasteiger partial charge is 0.456 e. The van der Waals surface area contributed by atoms with Gasteiger partial charge in [0.2, 0.25) is 17.7 Å². The lowest BCUT2D eigenvalue weighted by Crippen LogP contribution is -2.49. The predicted molar refractivity (Wildman–Crippen MR) is 167 cm³/mol. The van der Waals surface area contributed by atoms with Crippen LogP contribution in [0.4, 0.5) is 0 Å². The molecule has 11 heteroatoms. The van der Waals surface area contributed by atoms with Crippen LogP contribution in [0.15, 0.2) is 66.3 Å². The second-order valence-corrected chi connectivity index (χ2v) is 12.4. The summed E-state index contributed by atoms with van der Waals surface area (Å²) in [4.78, 5) is 55.7. The average molecular weight is 630 g/mol. The monoisotopic (exact) mass is 629 g/mol. The van der Waals surface area contributed by atoms with Gasteiger partial charge in [-0.25, -0.2) is 4.79 Å². The number of likely N-dealkylation sites (N-methyl/N-ethyl adjacent to an activating group) is 1. The van der Waals surface area contributed by atoms with Crippen LogP contribution in [-0.2, 0) is 41.4 Å². The number of rotatable bonds is 8. The molecule has 2 saturated heterocycles. The van der Waals surface area contributed by atoms with Crippen LogP contribution in [0, 0.1) is 0 Å². The number of nitrogens with one attached hydrogen (secondary N) is 1. The predicted octanol–water partition coefficient (Wildman–Crippen LogP) is 2.02. The summed E-state index contributed by atoms with van der Waals surface area (Å²) in [6.07, 6.45) is 4.89. The standard InChI is InChI=1S/C35H39N3O8/c1-37(2)30(40)14-13-22-8-5-6-11-26(22)34(43)44-28-18-25(33(42)38-16-7-12-27(38)32(41)36-15-17-39)19-29-31(28)46-35(45-29)20-23-9-3-4-10-24(23)21-35/h3-6,8-11,13-14,19,27-29,31,39H,7,12,15-18,20-21H2,1-2H3,(H,36,41)/t27-,28-,29-,31+/m1/s1. The van der Waals surface area contributed by atoms with E-state index in [0.29, 0.717) is 43.4 Å². The van der Waals surface area contributed by atoms with Crippen molar-refractivity contribution in [3.63, 3.8) is 0 Å². The quantitative estimate of drug-likeness (QED) is 0.335. The molecular weight excluding hydrogens is 590 g/mol. The van der Waals surface area contributed by atoms with Crippen molar-refractivity contribution in [1.82, 2.24) is 15.1 Å². The Balaban J connectivity index is 1.27. The highest BCUT2D eigenvalue weighted by Gasteiger charge is 2.55. The Bertz CT molecular complexity index is 1560. The van der Waals surface area contributed by atoms with Crippen molar-refractivity contribution < 1.29 is 38.5 Å². The van der Waals surface area contributed by atoms with Crippen molar-refractivity contribution >= 4 is 29.8 Å². The summed E-state index contributed by atoms with van der Waals surface area (Å²) < 4.78 is 19.3. The Labute approximate surface area is 267 Å². The maximum atomic E-state index is 14.0. The van der Waals surface area contributed by atoms with Crippen LogP contribution in [0.25, 0.3) is 6.08 Å². The first-order valence-corrected chi connectivity index (χ1v) is 15.7. The zero-order valence-electron chi connectivity index (χ0n) is 26.0. The summed E-state index contributed by atoms with van der Waals surface area (Å²) in [5, 5.41) is 11.8. The van der Waals surface area contributed by atoms with E-state index in [1.807, 2.05) is 24.3 Å². The van der Waals surface area contributed by atoms with Crippen LogP contribution >= 0.6 is 0 Å². The number of hydrogen-bond donors (Lipinski definition) is 2. The molecule has 6 rings (SSSR count). The fourth-order valence-corrected chi connectivity index (χ4v) is 6.76. The molecule has 242 valence electrons. The van der Waals surface area contributed by atoms with Gasteiger partial charge in [-0.2, -0.15) is 0 Å². The van der Waals surface area contributed by atoms with Crippen molar-refractivity contribution in [2.45, 2.75) is 62.2 Å². The molecule has 2 aliphatic heterocycles. The highest BCUT2D eigenvalue weighted by molar-refractivity contribution is 5.99. The summed E-state index contributed by atoms with van der Waals surface area (Å²) in [5.41, 5.74) is 3.42. The van der Waals surface area contributed by atoms with E-state index in [1.165, 1.54) is 11.0 Å². The van der Waals surface area contributed by atoms with Crippen molar-refractivity contribution in [2.75, 3.05) is 33.8 Å². The van der Waals surface area contributed by atoms with Gasteiger partial charge in [0.1, 0.15) is 24.4 Å². The number of fused-ring (bicyclic) bond motifs is 2. The fourth-order valence-electron chi connectivity index (χ4n) is 6.76. The van der Waals surface area contributed by atoms with E-state index in [-0.39, 0.29) is 42.9 Å². The lowest BCUT2D eigenvalue weighted by molar-refractivity contribution is -0.172. The SMILES string of the molecule is CN(C)C(=O)C=Cc1ccccc1C(=O)O[C@@H]1CC(C(=O)N2CCC[C@@H]2C(=O)NCCO)=C[C@H]2OC3(Cc4ccccc4C3)O[C@H]21. The number of carbonyl (C=O) groups is 4. The van der Waals surface area contributed by atoms with E-state index in [1.54, 1.807) is 55.4 Å². The third-order valence-electron chi connectivity index (χ3n) is 9.00. The molecule has 2 aliphatic carbocycles. The van der Waals surface area contributed by atoms with Gasteiger partial charge in [-0.3, -0.25) is 14.4 Å². The van der Waals surface area contributed by atoms with E-state index in [9.17, 15) is 19.2 Å². The molecule has 4 atom stereocenters. The maximum absolute atomic E-state index is 14.0. The Morgan fingerprint density at radius 3 is 2.50 bits per heavy atom. The molecule has 2 aromatic rings. The van der Waals surface area contributed by atoms with E-state index in [2.05, 4.69) is 5.32 Å². The third-order valence-corrected chi connectivity index (χ3v) is 9.00. The Morgan fingerprint density at radius 2 is 1.78 bits per heavy atom. The molecule has 0 saturated carbocycles. The summed E-state index contributed by atoms with van der Waals surface area (Å²) in [6.45, 7) is 0.326. The van der Waals surface area contributed by atoms with Gasteiger partial charge in [0.05, 0.1) is 12.2 Å². The molecule has 2 aromatic carbocycles. The van der Waals surface area contributed by atoms with Crippen LogP contribution in [-0.4, -0.2) is 103 Å². The smallest absolute Gasteiger partial charge is 0.339 e. The van der Waals surface area contributed by atoms with Gasteiger partial charge in [0.25, 0.3) is 0 Å². The third kappa shape index (κ3) is 6.35. The normalized spacial score (nSPS) is 24.4. The van der Waals surface area contributed by atoms with Gasteiger partial charge in [-0.15, -0.1) is 0 Å². The summed E-state index contributed by atoms with van der Waals surface area (Å²) >= 11 is 0. The number of aliphatic hydroxyl groups excluding tert-OH is 1. The zero-order chi connectivity index (χ0) is 32.4. The highest BCUT2D eigenvalue weighted by Crippen LogP contribution is 2.45. The Kier molecular flexibility index (Phi) is 9.08. The van der Waals surface area contributed by atoms with Gasteiger partial charge in [0, 0.05) is 58.1 Å². The van der Waals surface area contributed by atoms with Gasteiger partial charge in [0.15, 0.2) is 5.79 Å². The van der Waals surface area contributed by atoms with Gasteiger partial charge in [-0.05, 0) is 47.8 Å². The average Bonchev–Trinajstić information content (AvgIpc) is 3.78. The van der Waals surface area contributed by atoms with E-state index in [4.69, 9.17) is 19.3 Å². The number of nitrogens with zero attached hydrogens (tertiary/aromatic N) is 2. The Hall–Kier alpha value is -4.32. The summed E-state index contributed by atoms with van der Waals surface area (Å²) in [6, 6.07) is 14.2. The van der Waals surface area contributed by atoms with Crippen LogP contribution in [0.1, 0.15) is 46.3 Å². The molecule has 0 aromatic heterocycles. The molecule has 2 N–H and O–H groups in total. The molecule has 0 unspecified atom stereocenters. The number of carbonyl (C=O) groups excluding carboxylic acids is 4. The number of esters is 1. The number of aliphatic hydroxyl groups is 1. The molecule has 1 spiro atoms. The second kappa shape index (κ2) is 13.2. The first-order chi connectivity index (χ1) is 22.2. The highest BCUT2D eigenvalue weighted by atomic mass is 16.8. The first kappa shape index (κ1) is 31.7. The minimum Gasteiger partial charge on any atom is -0.456 e. The summed E-state index contributed by atoms with van der Waals surface area (Å²) in [7, 11) is 3.29. The molecular formula is C35H39N3O8. The second-order valence-electron chi connectivity index (χ2n) is 12.4. The molecule has 11 nitrogen and oxygen atoms in total. The van der Waals surface area contributed by atoms with Gasteiger partial charge in [-0.1, -0.05) is 42.5 Å². The lowest BCUT2D eigenvalue weighted by Gasteiger charge is -2.32. The maximum Gasteiger partial charge on any atom is 0.339 e. The van der Waals surface area contributed by atoms with Crippen LogP contribution in [0.2, 0.25) is 0 Å². The van der Waals surface area contributed by atoms with E-state index < -0.39 is 36.1 Å². The molecule has 4 aliphatic rings. The van der Waals surface area contributed by atoms with Crippen molar-refractivity contribution in [3.05, 3.63) is 88.5 Å². The molecule has 0 bridgehead atoms. The van der Waals surface area contributed by atoms with E-state index in [0.717, 1.165) is 11.1 Å². The summed E-state index contributed by atoms with van der Waals surface area (Å²) in [5.74, 6) is -2.41. The number of hydrogen-bond acceptors (Lipinski definition) is 8. The first-order valence-electron chi connectivity index (χ1n) is 15.7. The number of ether oxygens (including phenoxy) is 3. The molecule has 3 amide bonds. The molecule has 2 fully saturated rings. The van der Waals surface area contributed by atoms with Gasteiger partial charge < -0.3 is 34.4 Å². The van der Waals surface area contributed by atoms with Crippen molar-refractivity contribution in [2.24, 2.45) is 0 Å². The van der Waals surface area contributed by atoms with Crippen LogP contribution in [0.5, 0.6) is 0 Å². The molecule has 0 radical (unpaired) electrons. The van der Waals surface area contributed by atoms with Crippen molar-refractivity contribution in [3.8, 4) is 0 Å². The van der Waals surface area contributed by atoms with Gasteiger partial charge >= 0.3 is 5.97 Å². The topological polar surface area (TPSA) is 135 Å². The fraction of sp³-hybridized carbons (Fsp3) is 0.429. The number of benzene rings is 2. The minimum absolute atomic E-state index is 0.0801. The molecule has 2 heterocycles. The number of likely N-dealkylation sites (tertiary alicyclic amines) is 1.